The lowest BCUT2D eigenvalue weighted by Gasteiger charge is -2.44. The lowest BCUT2D eigenvalue weighted by atomic mass is 9.89. The number of carbonyl (C=O) groups is 1. The number of amides is 1. The molecule has 0 unspecified atom stereocenters. The summed E-state index contributed by atoms with van der Waals surface area (Å²) in [5.41, 5.74) is 1.39. The second-order valence-electron chi connectivity index (χ2n) is 10.2. The van der Waals surface area contributed by atoms with Crippen molar-refractivity contribution >= 4 is 17.2 Å². The third-order valence-corrected chi connectivity index (χ3v) is 8.41. The molecular formula is C27H37N3O4S. The molecule has 4 heterocycles. The molecule has 0 spiro atoms. The zero-order valence-electron chi connectivity index (χ0n) is 20.3. The van der Waals surface area contributed by atoms with Gasteiger partial charge in [-0.2, -0.15) is 0 Å². The van der Waals surface area contributed by atoms with Gasteiger partial charge in [0.2, 0.25) is 5.91 Å². The smallest absolute Gasteiger partial charge is 0.225 e. The van der Waals surface area contributed by atoms with Crippen molar-refractivity contribution < 1.29 is 19.4 Å². The monoisotopic (exact) mass is 499 g/mol. The van der Waals surface area contributed by atoms with E-state index in [0.29, 0.717) is 38.6 Å². The zero-order chi connectivity index (χ0) is 24.0. The van der Waals surface area contributed by atoms with Crippen LogP contribution in [0.3, 0.4) is 0 Å². The number of rotatable bonds is 6. The summed E-state index contributed by atoms with van der Waals surface area (Å²) in [6, 6.07) is 10.8. The van der Waals surface area contributed by atoms with Gasteiger partial charge < -0.3 is 19.5 Å². The van der Waals surface area contributed by atoms with E-state index in [1.165, 1.54) is 5.56 Å². The van der Waals surface area contributed by atoms with E-state index < -0.39 is 6.10 Å². The van der Waals surface area contributed by atoms with Crippen LogP contribution in [-0.4, -0.2) is 83.0 Å². The number of carbonyl (C=O) groups excluding carboxylic acids is 1. The highest BCUT2D eigenvalue weighted by Gasteiger charge is 2.38. The van der Waals surface area contributed by atoms with Gasteiger partial charge in [0, 0.05) is 37.3 Å². The first-order chi connectivity index (χ1) is 17.1. The highest BCUT2D eigenvalue weighted by molar-refractivity contribution is 7.09. The average Bonchev–Trinajstić information content (AvgIpc) is 3.37. The molecule has 1 amide bonds. The van der Waals surface area contributed by atoms with E-state index >= 15 is 0 Å². The van der Waals surface area contributed by atoms with Crippen LogP contribution < -0.4 is 0 Å². The maximum absolute atomic E-state index is 13.1. The van der Waals surface area contributed by atoms with Crippen molar-refractivity contribution in [3.8, 4) is 0 Å². The van der Waals surface area contributed by atoms with Gasteiger partial charge in [-0.15, -0.1) is 11.3 Å². The molecule has 1 aromatic heterocycles. The number of hydrogen-bond acceptors (Lipinski definition) is 7. The van der Waals surface area contributed by atoms with E-state index in [2.05, 4.69) is 40.2 Å². The van der Waals surface area contributed by atoms with Crippen LogP contribution in [0.15, 0.2) is 41.9 Å². The normalized spacial score (nSPS) is 28.8. The molecule has 4 atom stereocenters. The topological polar surface area (TPSA) is 75.1 Å². The summed E-state index contributed by atoms with van der Waals surface area (Å²) < 4.78 is 12.2. The third-order valence-electron chi connectivity index (χ3n) is 7.65. The van der Waals surface area contributed by atoms with Crippen LogP contribution in [0.4, 0.5) is 0 Å². The van der Waals surface area contributed by atoms with Crippen LogP contribution >= 0.6 is 11.3 Å². The van der Waals surface area contributed by atoms with E-state index in [-0.39, 0.29) is 24.2 Å². The summed E-state index contributed by atoms with van der Waals surface area (Å²) in [7, 11) is 0. The second kappa shape index (κ2) is 11.9. The molecule has 1 N–H and O–H groups in total. The molecule has 190 valence electrons. The van der Waals surface area contributed by atoms with E-state index in [9.17, 15) is 9.90 Å². The van der Waals surface area contributed by atoms with Crippen LogP contribution in [0, 0.1) is 5.92 Å². The molecule has 3 aliphatic rings. The molecule has 0 radical (unpaired) electrons. The van der Waals surface area contributed by atoms with E-state index in [1.54, 1.807) is 11.3 Å². The first kappa shape index (κ1) is 24.8. The minimum Gasteiger partial charge on any atom is -0.389 e. The van der Waals surface area contributed by atoms with Gasteiger partial charge in [0.15, 0.2) is 0 Å². The molecule has 7 nitrogen and oxygen atoms in total. The van der Waals surface area contributed by atoms with Crippen LogP contribution in [0.5, 0.6) is 0 Å². The van der Waals surface area contributed by atoms with Gasteiger partial charge in [-0.1, -0.05) is 30.3 Å². The van der Waals surface area contributed by atoms with Crippen molar-refractivity contribution in [3.05, 3.63) is 52.5 Å². The number of ether oxygens (including phenoxy) is 2. The largest absolute Gasteiger partial charge is 0.389 e. The number of aromatic nitrogens is 1. The summed E-state index contributed by atoms with van der Waals surface area (Å²) in [4.78, 5) is 21.9. The summed E-state index contributed by atoms with van der Waals surface area (Å²) in [6.07, 6.45) is 6.62. The number of hydrogen-bond donors (Lipinski definition) is 1. The van der Waals surface area contributed by atoms with Gasteiger partial charge >= 0.3 is 0 Å². The van der Waals surface area contributed by atoms with E-state index in [0.717, 1.165) is 50.2 Å². The molecule has 0 bridgehead atoms. The number of β-amino-alcohol motifs (C(OH)–C–C–N with tert-alkyl or cyclic N) is 1. The second-order valence-corrected chi connectivity index (χ2v) is 11.2. The van der Waals surface area contributed by atoms with Crippen molar-refractivity contribution in [3.63, 3.8) is 0 Å². The lowest BCUT2D eigenvalue weighted by Crippen LogP contribution is -2.55. The summed E-state index contributed by atoms with van der Waals surface area (Å²) in [5.74, 6) is 0.868. The van der Waals surface area contributed by atoms with Crippen molar-refractivity contribution in [1.82, 2.24) is 14.8 Å². The number of piperidine rings is 1. The first-order valence-electron chi connectivity index (χ1n) is 13.0. The number of likely N-dealkylation sites (tertiary alicyclic amines) is 1. The molecule has 3 saturated heterocycles. The molecule has 2 aromatic rings. The Labute approximate surface area is 212 Å². The van der Waals surface area contributed by atoms with Gasteiger partial charge in [-0.05, 0) is 43.6 Å². The molecule has 0 aliphatic carbocycles. The standard InChI is InChI=1S/C27H37N3O4S/c31-22-16-30(17-26-28-10-13-35-26)24-7-6-23(34-25(24)19-33-18-22)15-27(32)29-11-8-21(9-12-29)14-20-4-2-1-3-5-20/h1-5,10,13,21-25,31H,6-9,11-12,14-19H2/t22-,23+,24+,25-/m1/s1. The van der Waals surface area contributed by atoms with Gasteiger partial charge in [-0.25, -0.2) is 4.98 Å². The molecule has 35 heavy (non-hydrogen) atoms. The summed E-state index contributed by atoms with van der Waals surface area (Å²) in [6.45, 7) is 3.70. The number of aliphatic hydroxyl groups excluding tert-OH is 1. The Morgan fingerprint density at radius 1 is 1.11 bits per heavy atom. The van der Waals surface area contributed by atoms with Crippen molar-refractivity contribution in [2.24, 2.45) is 5.92 Å². The Hall–Kier alpha value is -1.84. The fraction of sp³-hybridized carbons (Fsp3) is 0.630. The molecule has 3 fully saturated rings. The molecule has 5 rings (SSSR count). The highest BCUT2D eigenvalue weighted by atomic mass is 32.1. The maximum atomic E-state index is 13.1. The van der Waals surface area contributed by atoms with Gasteiger partial charge in [0.25, 0.3) is 0 Å². The fourth-order valence-corrected chi connectivity index (χ4v) is 6.43. The number of aliphatic hydroxyl groups is 1. The Morgan fingerprint density at radius 2 is 1.94 bits per heavy atom. The van der Waals surface area contributed by atoms with Crippen LogP contribution in [0.1, 0.15) is 42.7 Å². The van der Waals surface area contributed by atoms with Crippen LogP contribution in [0.25, 0.3) is 0 Å². The lowest BCUT2D eigenvalue weighted by molar-refractivity contribution is -0.161. The number of thiazole rings is 1. The molecule has 0 saturated carbocycles. The SMILES string of the molecule is O=C(C[C@@H]1CC[C@H]2[C@@H](COC[C@H](O)CN2Cc2nccs2)O1)N1CCC(Cc2ccccc2)CC1. The first-order valence-corrected chi connectivity index (χ1v) is 13.9. The zero-order valence-corrected chi connectivity index (χ0v) is 21.2. The summed E-state index contributed by atoms with van der Waals surface area (Å²) in [5, 5.41) is 13.4. The number of nitrogens with zero attached hydrogens (tertiary/aromatic N) is 3. The molecule has 8 heteroatoms. The Morgan fingerprint density at radius 3 is 2.71 bits per heavy atom. The van der Waals surface area contributed by atoms with E-state index in [4.69, 9.17) is 9.47 Å². The number of fused-ring (bicyclic) bond motifs is 1. The van der Waals surface area contributed by atoms with Crippen molar-refractivity contribution in [2.75, 3.05) is 32.8 Å². The number of benzene rings is 1. The average molecular weight is 500 g/mol. The van der Waals surface area contributed by atoms with Gasteiger partial charge in [0.1, 0.15) is 5.01 Å². The highest BCUT2D eigenvalue weighted by Crippen LogP contribution is 2.30. The predicted molar refractivity (Wildman–Crippen MR) is 135 cm³/mol. The minimum absolute atomic E-state index is 0.0690. The van der Waals surface area contributed by atoms with Crippen molar-refractivity contribution in [1.29, 1.82) is 0 Å². The van der Waals surface area contributed by atoms with Crippen LogP contribution in [0.2, 0.25) is 0 Å². The molecule has 3 aliphatic heterocycles. The third kappa shape index (κ3) is 6.68. The Balaban J connectivity index is 1.12. The van der Waals surface area contributed by atoms with Gasteiger partial charge in [0.05, 0.1) is 44.5 Å². The summed E-state index contributed by atoms with van der Waals surface area (Å²) >= 11 is 1.64. The Bertz CT molecular complexity index is 920. The van der Waals surface area contributed by atoms with Crippen molar-refractivity contribution in [2.45, 2.75) is 69.4 Å². The van der Waals surface area contributed by atoms with E-state index in [1.807, 2.05) is 16.5 Å². The quantitative estimate of drug-likeness (QED) is 0.658. The van der Waals surface area contributed by atoms with Crippen LogP contribution in [-0.2, 0) is 27.2 Å². The van der Waals surface area contributed by atoms with Gasteiger partial charge in [-0.3, -0.25) is 9.69 Å². The Kier molecular flexibility index (Phi) is 8.47. The molecule has 1 aromatic carbocycles. The maximum Gasteiger partial charge on any atom is 0.225 e. The predicted octanol–water partition coefficient (Wildman–Crippen LogP) is 3.12. The molecular weight excluding hydrogens is 462 g/mol. The fourth-order valence-electron chi connectivity index (χ4n) is 5.79. The minimum atomic E-state index is -0.514.